The number of aliphatic hydroxyl groups is 1. The summed E-state index contributed by atoms with van der Waals surface area (Å²) in [7, 11) is 0. The summed E-state index contributed by atoms with van der Waals surface area (Å²) in [5.41, 5.74) is 2.26. The first-order valence-electron chi connectivity index (χ1n) is 17.2. The van der Waals surface area contributed by atoms with E-state index < -0.39 is 0 Å². The van der Waals surface area contributed by atoms with E-state index >= 15 is 4.39 Å². The molecule has 0 spiro atoms. The van der Waals surface area contributed by atoms with Crippen molar-refractivity contribution in [2.24, 2.45) is 35.5 Å². The maximum atomic E-state index is 15.5. The fraction of sp³-hybridized carbons (Fsp3) is 0.833. The molecule has 5 aliphatic rings. The molecule has 6 rings (SSSR count). The van der Waals surface area contributed by atoms with Crippen LogP contribution in [0.2, 0.25) is 0 Å². The summed E-state index contributed by atoms with van der Waals surface area (Å²) in [6, 6.07) is 6.39. The molecule has 4 aliphatic carbocycles. The largest absolute Gasteiger partial charge is 0.393 e. The summed E-state index contributed by atoms with van der Waals surface area (Å²) >= 11 is 0. The molecule has 1 aliphatic heterocycles. The van der Waals surface area contributed by atoms with Gasteiger partial charge in [-0.05, 0) is 174 Å². The van der Waals surface area contributed by atoms with Crippen molar-refractivity contribution in [2.75, 3.05) is 6.61 Å². The van der Waals surface area contributed by atoms with Gasteiger partial charge in [0.2, 0.25) is 0 Å². The van der Waals surface area contributed by atoms with Gasteiger partial charge in [-0.2, -0.15) is 0 Å². The molecule has 5 fully saturated rings. The molecule has 2 nitrogen and oxygen atoms in total. The molecule has 0 aromatic heterocycles. The molecule has 218 valence electrons. The summed E-state index contributed by atoms with van der Waals surface area (Å²) < 4.78 is 21.0. The van der Waals surface area contributed by atoms with Gasteiger partial charge in [0.25, 0.3) is 0 Å². The van der Waals surface area contributed by atoms with E-state index in [0.717, 1.165) is 54.6 Å². The van der Waals surface area contributed by atoms with E-state index in [-0.39, 0.29) is 11.9 Å². The Morgan fingerprint density at radius 2 is 1.21 bits per heavy atom. The van der Waals surface area contributed by atoms with Gasteiger partial charge in [-0.25, -0.2) is 4.39 Å². The first-order valence-corrected chi connectivity index (χ1v) is 17.2. The standard InChI is InChI=1S/C36H55FO2/c1-2-3-35(38)30-16-10-26(11-17-30)24-4-6-28(7-5-24)32-20-21-33(34(37)22-32)29-14-8-25(9-15-29)27-12-18-31(19-13-27)36-23-39-36/h20-22,24-31,35-36,38H,2-19,23H2,1H3. The zero-order valence-corrected chi connectivity index (χ0v) is 24.7. The summed E-state index contributed by atoms with van der Waals surface area (Å²) in [5.74, 6) is 5.90. The van der Waals surface area contributed by atoms with Crippen molar-refractivity contribution in [1.82, 2.24) is 0 Å². The molecule has 39 heavy (non-hydrogen) atoms. The van der Waals surface area contributed by atoms with Gasteiger partial charge in [0.1, 0.15) is 5.82 Å². The fourth-order valence-corrected chi connectivity index (χ4v) is 9.80. The lowest BCUT2D eigenvalue weighted by atomic mass is 9.67. The highest BCUT2D eigenvalue weighted by molar-refractivity contribution is 5.30. The summed E-state index contributed by atoms with van der Waals surface area (Å²) in [4.78, 5) is 0. The lowest BCUT2D eigenvalue weighted by Gasteiger charge is -2.39. The number of ether oxygens (including phenoxy) is 1. The lowest BCUT2D eigenvalue weighted by molar-refractivity contribution is 0.0528. The number of halogens is 1. The molecule has 1 heterocycles. The molecule has 1 saturated heterocycles. The Bertz CT molecular complexity index is 895. The molecular formula is C36H55FO2. The SMILES string of the molecule is CCCC(O)C1CCC(C2CCC(c3ccc(C4CCC(C5CCC(C6CO6)CC5)CC4)c(F)c3)CC2)CC1. The summed E-state index contributed by atoms with van der Waals surface area (Å²) in [5, 5.41) is 10.4. The predicted octanol–water partition coefficient (Wildman–Crippen LogP) is 9.55. The third-order valence-electron chi connectivity index (χ3n) is 12.5. The van der Waals surface area contributed by atoms with Crippen LogP contribution in [0.15, 0.2) is 18.2 Å². The molecule has 1 aromatic carbocycles. The highest BCUT2D eigenvalue weighted by Gasteiger charge is 2.38. The molecule has 2 unspecified atom stereocenters. The third kappa shape index (κ3) is 6.77. The topological polar surface area (TPSA) is 32.8 Å². The molecule has 1 aromatic rings. The van der Waals surface area contributed by atoms with Gasteiger partial charge in [-0.1, -0.05) is 25.5 Å². The Labute approximate surface area is 237 Å². The van der Waals surface area contributed by atoms with Crippen LogP contribution in [0, 0.1) is 41.3 Å². The lowest BCUT2D eigenvalue weighted by Crippen LogP contribution is -2.30. The van der Waals surface area contributed by atoms with Crippen LogP contribution in [0.3, 0.4) is 0 Å². The minimum atomic E-state index is -0.0767. The van der Waals surface area contributed by atoms with Crippen LogP contribution >= 0.6 is 0 Å². The summed E-state index contributed by atoms with van der Waals surface area (Å²) in [6.45, 7) is 3.19. The predicted molar refractivity (Wildman–Crippen MR) is 157 cm³/mol. The maximum absolute atomic E-state index is 15.5. The maximum Gasteiger partial charge on any atom is 0.126 e. The van der Waals surface area contributed by atoms with E-state index in [1.165, 1.54) is 108 Å². The Morgan fingerprint density at radius 1 is 0.718 bits per heavy atom. The summed E-state index contributed by atoms with van der Waals surface area (Å²) in [6.07, 6.45) is 23.2. The average molecular weight is 539 g/mol. The van der Waals surface area contributed by atoms with Crippen molar-refractivity contribution in [3.05, 3.63) is 35.1 Å². The van der Waals surface area contributed by atoms with Gasteiger partial charge in [0.05, 0.1) is 18.8 Å². The molecule has 1 N–H and O–H groups in total. The van der Waals surface area contributed by atoms with Crippen LogP contribution in [-0.2, 0) is 4.74 Å². The van der Waals surface area contributed by atoms with E-state index in [2.05, 4.69) is 19.1 Å². The smallest absolute Gasteiger partial charge is 0.126 e. The fourth-order valence-electron chi connectivity index (χ4n) is 9.80. The van der Waals surface area contributed by atoms with E-state index in [0.29, 0.717) is 23.9 Å². The van der Waals surface area contributed by atoms with Crippen molar-refractivity contribution in [3.63, 3.8) is 0 Å². The van der Waals surface area contributed by atoms with Crippen LogP contribution in [0.1, 0.15) is 145 Å². The second-order valence-corrected chi connectivity index (χ2v) is 14.6. The molecule has 0 bridgehead atoms. The zero-order chi connectivity index (χ0) is 26.8. The minimum absolute atomic E-state index is 0.0759. The van der Waals surface area contributed by atoms with Crippen molar-refractivity contribution >= 4 is 0 Å². The average Bonchev–Trinajstić information content (AvgIpc) is 3.84. The highest BCUT2D eigenvalue weighted by Crippen LogP contribution is 2.47. The van der Waals surface area contributed by atoms with E-state index in [4.69, 9.17) is 4.74 Å². The van der Waals surface area contributed by atoms with E-state index in [1.54, 1.807) is 0 Å². The quantitative estimate of drug-likeness (QED) is 0.334. The van der Waals surface area contributed by atoms with Crippen LogP contribution in [-0.4, -0.2) is 23.9 Å². The second kappa shape index (κ2) is 12.9. The number of hydrogen-bond acceptors (Lipinski definition) is 2. The molecule has 4 saturated carbocycles. The molecule has 0 amide bonds. The molecule has 2 atom stereocenters. The number of hydrogen-bond donors (Lipinski definition) is 1. The van der Waals surface area contributed by atoms with Gasteiger partial charge < -0.3 is 9.84 Å². The Balaban J connectivity index is 0.949. The second-order valence-electron chi connectivity index (χ2n) is 14.6. The Hall–Kier alpha value is -0.930. The van der Waals surface area contributed by atoms with Gasteiger partial charge in [0, 0.05) is 0 Å². The van der Waals surface area contributed by atoms with Crippen molar-refractivity contribution < 1.29 is 14.2 Å². The first kappa shape index (κ1) is 28.2. The molecular weight excluding hydrogens is 483 g/mol. The van der Waals surface area contributed by atoms with E-state index in [9.17, 15) is 5.11 Å². The Kier molecular flexibility index (Phi) is 9.35. The minimum Gasteiger partial charge on any atom is -0.393 e. The third-order valence-corrected chi connectivity index (χ3v) is 12.5. The first-order chi connectivity index (χ1) is 19.1. The number of benzene rings is 1. The normalized spacial score (nSPS) is 40.2. The monoisotopic (exact) mass is 538 g/mol. The van der Waals surface area contributed by atoms with Crippen molar-refractivity contribution in [1.29, 1.82) is 0 Å². The zero-order valence-electron chi connectivity index (χ0n) is 24.7. The van der Waals surface area contributed by atoms with Crippen LogP contribution in [0.5, 0.6) is 0 Å². The van der Waals surface area contributed by atoms with Crippen molar-refractivity contribution in [3.8, 4) is 0 Å². The highest BCUT2D eigenvalue weighted by atomic mass is 19.1. The molecule has 3 heteroatoms. The number of aliphatic hydroxyl groups excluding tert-OH is 1. The van der Waals surface area contributed by atoms with E-state index in [1.807, 2.05) is 6.07 Å². The van der Waals surface area contributed by atoms with Gasteiger partial charge in [-0.3, -0.25) is 0 Å². The number of rotatable bonds is 8. The van der Waals surface area contributed by atoms with Crippen LogP contribution in [0.25, 0.3) is 0 Å². The van der Waals surface area contributed by atoms with Crippen molar-refractivity contribution in [2.45, 2.75) is 147 Å². The van der Waals surface area contributed by atoms with Crippen LogP contribution in [0.4, 0.5) is 4.39 Å². The molecule has 0 radical (unpaired) electrons. The van der Waals surface area contributed by atoms with Crippen LogP contribution < -0.4 is 0 Å². The number of epoxide rings is 1. The Morgan fingerprint density at radius 3 is 1.72 bits per heavy atom. The van der Waals surface area contributed by atoms with Gasteiger partial charge >= 0.3 is 0 Å². The van der Waals surface area contributed by atoms with Gasteiger partial charge in [-0.15, -0.1) is 0 Å². The van der Waals surface area contributed by atoms with Gasteiger partial charge in [0.15, 0.2) is 0 Å².